The number of hydrogen-bond donors (Lipinski definition) is 1. The van der Waals surface area contributed by atoms with Gasteiger partial charge in [-0.1, -0.05) is 11.7 Å². The van der Waals surface area contributed by atoms with Crippen LogP contribution in [0.3, 0.4) is 0 Å². The minimum atomic E-state index is -1.26. The summed E-state index contributed by atoms with van der Waals surface area (Å²) < 4.78 is 2.66. The summed E-state index contributed by atoms with van der Waals surface area (Å²) in [6.07, 6.45) is 3.07. The maximum Gasteiger partial charge on any atom is 0.216 e. The van der Waals surface area contributed by atoms with Crippen molar-refractivity contribution in [1.82, 2.24) is 4.72 Å². The predicted octanol–water partition coefficient (Wildman–Crippen LogP) is 0.478. The molecule has 1 N–H and O–H groups in total. The van der Waals surface area contributed by atoms with Crippen LogP contribution in [0.2, 0.25) is 0 Å². The molecule has 2 nitrogen and oxygen atoms in total. The molecule has 1 aliphatic rings. The molecular weight excluding hydrogens is 134 g/mol. The first kappa shape index (κ1) is 6.68. The van der Waals surface area contributed by atoms with Gasteiger partial charge in [-0.15, -0.1) is 9.39 Å². The van der Waals surface area contributed by atoms with Crippen molar-refractivity contribution in [2.45, 2.75) is 18.1 Å². The first-order valence-electron chi connectivity index (χ1n) is 2.86. The lowest BCUT2D eigenvalue weighted by Crippen LogP contribution is -2.08. The standard InChI is InChI=1S/C6H11NOS/c1-9(2,7-5-8)6-3-4-6/h5-6H,1-4H2,(H,7,8). The van der Waals surface area contributed by atoms with E-state index in [1.165, 1.54) is 12.8 Å². The Hall–Kier alpha value is -0.440. The molecule has 52 valence electrons. The molecule has 0 bridgehead atoms. The fraction of sp³-hybridized carbons (Fsp3) is 0.500. The van der Waals surface area contributed by atoms with Crippen molar-refractivity contribution in [3.63, 3.8) is 0 Å². The van der Waals surface area contributed by atoms with Gasteiger partial charge >= 0.3 is 0 Å². The molecule has 0 aromatic rings. The molecule has 1 saturated carbocycles. The first-order valence-corrected chi connectivity index (χ1v) is 4.89. The van der Waals surface area contributed by atoms with Gasteiger partial charge in [0.15, 0.2) is 0 Å². The Labute approximate surface area is 55.9 Å². The fourth-order valence-corrected chi connectivity index (χ4v) is 2.13. The Morgan fingerprint density at radius 3 is 2.44 bits per heavy atom. The normalized spacial score (nSPS) is 19.1. The van der Waals surface area contributed by atoms with Crippen molar-refractivity contribution in [2.75, 3.05) is 0 Å². The molecule has 1 fully saturated rings. The number of rotatable bonds is 3. The zero-order valence-electron chi connectivity index (χ0n) is 5.30. The number of carbonyl (C=O) groups is 1. The topological polar surface area (TPSA) is 29.1 Å². The number of hydrogen-bond acceptors (Lipinski definition) is 1. The predicted molar refractivity (Wildman–Crippen MR) is 44.1 cm³/mol. The zero-order chi connectivity index (χ0) is 6.91. The monoisotopic (exact) mass is 145 g/mol. The van der Waals surface area contributed by atoms with Crippen molar-refractivity contribution >= 4 is 27.5 Å². The van der Waals surface area contributed by atoms with Gasteiger partial charge in [0.05, 0.1) is 0 Å². The van der Waals surface area contributed by atoms with E-state index in [0.29, 0.717) is 11.7 Å². The highest BCUT2D eigenvalue weighted by molar-refractivity contribution is 8.27. The molecule has 0 saturated heterocycles. The smallest absolute Gasteiger partial charge is 0.216 e. The molecule has 0 aromatic carbocycles. The van der Waals surface area contributed by atoms with Gasteiger partial charge in [-0.25, -0.2) is 0 Å². The summed E-state index contributed by atoms with van der Waals surface area (Å²) in [6.45, 7) is 0. The lowest BCUT2D eigenvalue weighted by atomic mass is 11.0. The van der Waals surface area contributed by atoms with Crippen LogP contribution >= 0.6 is 9.39 Å². The van der Waals surface area contributed by atoms with Crippen LogP contribution < -0.4 is 4.72 Å². The molecule has 0 spiro atoms. The van der Waals surface area contributed by atoms with Crippen LogP contribution in [0.5, 0.6) is 0 Å². The summed E-state index contributed by atoms with van der Waals surface area (Å²) in [6, 6.07) is 0. The highest BCUT2D eigenvalue weighted by atomic mass is 32.2. The zero-order valence-corrected chi connectivity index (χ0v) is 6.12. The van der Waals surface area contributed by atoms with Gasteiger partial charge < -0.3 is 4.72 Å². The summed E-state index contributed by atoms with van der Waals surface area (Å²) in [5.74, 6) is 7.70. The second-order valence-electron chi connectivity index (χ2n) is 2.38. The molecule has 3 heteroatoms. The van der Waals surface area contributed by atoms with Crippen LogP contribution in [0, 0.1) is 0 Å². The van der Waals surface area contributed by atoms with Crippen LogP contribution in [0.15, 0.2) is 0 Å². The Morgan fingerprint density at radius 2 is 2.11 bits per heavy atom. The van der Waals surface area contributed by atoms with Gasteiger partial charge in [-0.3, -0.25) is 4.79 Å². The van der Waals surface area contributed by atoms with E-state index in [0.717, 1.165) is 0 Å². The quantitative estimate of drug-likeness (QED) is 0.454. The second-order valence-corrected chi connectivity index (χ2v) is 5.17. The van der Waals surface area contributed by atoms with Crippen molar-refractivity contribution in [1.29, 1.82) is 0 Å². The lowest BCUT2D eigenvalue weighted by Gasteiger charge is -2.09. The van der Waals surface area contributed by atoms with E-state index in [-0.39, 0.29) is 0 Å². The van der Waals surface area contributed by atoms with E-state index >= 15 is 0 Å². The molecule has 0 heterocycles. The first-order chi connectivity index (χ1) is 4.17. The van der Waals surface area contributed by atoms with Crippen LogP contribution in [-0.2, 0) is 4.79 Å². The fourth-order valence-electron chi connectivity index (χ4n) is 0.711. The lowest BCUT2D eigenvalue weighted by molar-refractivity contribution is -0.107. The van der Waals surface area contributed by atoms with Gasteiger partial charge in [0, 0.05) is 5.25 Å². The molecule has 1 aliphatic carbocycles. The van der Waals surface area contributed by atoms with Crippen LogP contribution in [-0.4, -0.2) is 23.4 Å². The second kappa shape index (κ2) is 2.06. The Balaban J connectivity index is 2.60. The highest BCUT2D eigenvalue weighted by Crippen LogP contribution is 2.40. The van der Waals surface area contributed by atoms with Gasteiger partial charge in [-0.05, 0) is 12.8 Å². The molecule has 0 atom stereocenters. The van der Waals surface area contributed by atoms with Gasteiger partial charge in [-0.2, -0.15) is 0 Å². The minimum absolute atomic E-state index is 0.586. The molecule has 0 radical (unpaired) electrons. The molecular formula is C6H11NOS. The minimum Gasteiger partial charge on any atom is -0.315 e. The Kier molecular flexibility index (Phi) is 1.53. The van der Waals surface area contributed by atoms with E-state index in [9.17, 15) is 4.79 Å². The molecule has 9 heavy (non-hydrogen) atoms. The third-order valence-electron chi connectivity index (χ3n) is 1.45. The summed E-state index contributed by atoms with van der Waals surface area (Å²) in [5.41, 5.74) is 0. The highest BCUT2D eigenvalue weighted by Gasteiger charge is 2.25. The van der Waals surface area contributed by atoms with Gasteiger partial charge in [0.25, 0.3) is 0 Å². The van der Waals surface area contributed by atoms with Crippen molar-refractivity contribution in [3.05, 3.63) is 0 Å². The summed E-state index contributed by atoms with van der Waals surface area (Å²) >= 11 is 0. The van der Waals surface area contributed by atoms with E-state index in [1.807, 2.05) is 0 Å². The summed E-state index contributed by atoms with van der Waals surface area (Å²) in [7, 11) is -1.26. The molecule has 0 aromatic heterocycles. The number of amides is 1. The van der Waals surface area contributed by atoms with Gasteiger partial charge in [0.2, 0.25) is 6.41 Å². The third-order valence-corrected chi connectivity index (χ3v) is 3.76. The maximum atomic E-state index is 9.98. The number of carbonyl (C=O) groups excluding carboxylic acids is 1. The molecule has 0 unspecified atom stereocenters. The number of nitrogens with one attached hydrogen (secondary N) is 1. The average Bonchev–Trinajstić information content (AvgIpc) is 2.41. The summed E-state index contributed by atoms with van der Waals surface area (Å²) in [5, 5.41) is 0.586. The Morgan fingerprint density at radius 1 is 1.56 bits per heavy atom. The van der Waals surface area contributed by atoms with E-state index in [4.69, 9.17) is 0 Å². The van der Waals surface area contributed by atoms with Crippen LogP contribution in [0.4, 0.5) is 0 Å². The Bertz CT molecular complexity index is 201. The van der Waals surface area contributed by atoms with Crippen LogP contribution in [0.1, 0.15) is 12.8 Å². The van der Waals surface area contributed by atoms with Crippen LogP contribution in [0.25, 0.3) is 0 Å². The largest absolute Gasteiger partial charge is 0.315 e. The molecule has 1 rings (SSSR count). The van der Waals surface area contributed by atoms with Crippen molar-refractivity contribution in [3.8, 4) is 0 Å². The molecule has 0 aliphatic heterocycles. The van der Waals surface area contributed by atoms with Crippen molar-refractivity contribution in [2.24, 2.45) is 0 Å². The van der Waals surface area contributed by atoms with Crippen molar-refractivity contribution < 1.29 is 4.79 Å². The maximum absolute atomic E-state index is 9.98. The van der Waals surface area contributed by atoms with E-state index in [1.54, 1.807) is 0 Å². The van der Waals surface area contributed by atoms with E-state index < -0.39 is 9.39 Å². The SMILES string of the molecule is C=S(=C)(NC=O)C1CC1. The molecule has 1 amide bonds. The summed E-state index contributed by atoms with van der Waals surface area (Å²) in [4.78, 5) is 9.98. The third kappa shape index (κ3) is 1.48. The van der Waals surface area contributed by atoms with Gasteiger partial charge in [0.1, 0.15) is 0 Å². The van der Waals surface area contributed by atoms with E-state index in [2.05, 4.69) is 16.5 Å². The average molecular weight is 145 g/mol.